The molecular weight excluding hydrogens is 496 g/mol. The number of nitrogens with two attached hydrogens (primary N) is 1. The first-order valence-corrected chi connectivity index (χ1v) is 15.2. The van der Waals surface area contributed by atoms with E-state index in [2.05, 4.69) is 22.1 Å². The van der Waals surface area contributed by atoms with E-state index in [1.807, 2.05) is 6.33 Å². The first-order chi connectivity index (χ1) is 19.1. The third-order valence-electron chi connectivity index (χ3n) is 8.46. The number of piperidine rings is 1. The zero-order valence-electron chi connectivity index (χ0n) is 23.4. The summed E-state index contributed by atoms with van der Waals surface area (Å²) in [4.78, 5) is 32.1. The van der Waals surface area contributed by atoms with Crippen LogP contribution in [0.4, 0.5) is 16.6 Å². The van der Waals surface area contributed by atoms with E-state index >= 15 is 0 Å². The summed E-state index contributed by atoms with van der Waals surface area (Å²) < 4.78 is 7.48. The first kappa shape index (κ1) is 27.9. The van der Waals surface area contributed by atoms with Crippen LogP contribution in [0.15, 0.2) is 6.33 Å². The lowest BCUT2D eigenvalue weighted by atomic mass is 9.92. The van der Waals surface area contributed by atoms with Crippen LogP contribution in [0, 0.1) is 0 Å². The van der Waals surface area contributed by atoms with Gasteiger partial charge in [-0.15, -0.1) is 5.06 Å². The van der Waals surface area contributed by atoms with Gasteiger partial charge in [0.05, 0.1) is 12.9 Å². The molecule has 0 atom stereocenters. The lowest BCUT2D eigenvalue weighted by Gasteiger charge is -2.31. The summed E-state index contributed by atoms with van der Waals surface area (Å²) in [6.07, 6.45) is 16.2. The topological polar surface area (TPSA) is 132 Å². The Labute approximate surface area is 231 Å². The number of unbranched alkanes of at least 4 members (excludes halogenated alkanes) is 3. The minimum absolute atomic E-state index is 0.199. The average Bonchev–Trinajstić information content (AvgIpc) is 3.61. The van der Waals surface area contributed by atoms with Crippen LogP contribution in [0.25, 0.3) is 11.2 Å². The van der Waals surface area contributed by atoms with Crippen molar-refractivity contribution < 1.29 is 14.4 Å². The van der Waals surface area contributed by atoms with Crippen molar-refractivity contribution in [1.82, 2.24) is 24.6 Å². The lowest BCUT2D eigenvalue weighted by Crippen LogP contribution is -2.40. The molecule has 0 unspecified atom stereocenters. The zero-order valence-corrected chi connectivity index (χ0v) is 23.4. The maximum absolute atomic E-state index is 12.1. The highest BCUT2D eigenvalue weighted by atomic mass is 16.8. The SMILES string of the molecule is CCCCCCOC(=O)ON1CCC(Nc2nc(N[C@H]3CC[C@H](N)CC3)nc3c2ncn3C2CCCC2)CC1. The van der Waals surface area contributed by atoms with Crippen LogP contribution in [0.1, 0.15) is 103 Å². The van der Waals surface area contributed by atoms with Gasteiger partial charge in [0, 0.05) is 37.3 Å². The van der Waals surface area contributed by atoms with Crippen molar-refractivity contribution in [3.8, 4) is 0 Å². The quantitative estimate of drug-likeness (QED) is 0.259. The summed E-state index contributed by atoms with van der Waals surface area (Å²) in [7, 11) is 0. The minimum Gasteiger partial charge on any atom is -0.433 e. The largest absolute Gasteiger partial charge is 0.527 e. The predicted molar refractivity (Wildman–Crippen MR) is 151 cm³/mol. The summed E-state index contributed by atoms with van der Waals surface area (Å²) in [5, 5.41) is 8.96. The van der Waals surface area contributed by atoms with Crippen molar-refractivity contribution >= 4 is 29.1 Å². The molecule has 2 aromatic rings. The predicted octanol–water partition coefficient (Wildman–Crippen LogP) is 5.15. The molecule has 11 heteroatoms. The Morgan fingerprint density at radius 1 is 0.974 bits per heavy atom. The van der Waals surface area contributed by atoms with E-state index in [9.17, 15) is 4.79 Å². The molecule has 0 spiro atoms. The molecule has 5 rings (SSSR count). The molecule has 0 amide bonds. The Hall–Kier alpha value is -2.66. The number of nitrogens with one attached hydrogen (secondary N) is 2. The molecule has 1 saturated heterocycles. The second-order valence-corrected chi connectivity index (χ2v) is 11.5. The molecule has 3 fully saturated rings. The van der Waals surface area contributed by atoms with Gasteiger partial charge in [-0.05, 0) is 57.8 Å². The van der Waals surface area contributed by atoms with Crippen LogP contribution >= 0.6 is 0 Å². The van der Waals surface area contributed by atoms with Crippen molar-refractivity contribution in [2.24, 2.45) is 5.73 Å². The number of aromatic nitrogens is 4. The fourth-order valence-corrected chi connectivity index (χ4v) is 6.08. The van der Waals surface area contributed by atoms with Gasteiger partial charge in [-0.25, -0.2) is 9.78 Å². The summed E-state index contributed by atoms with van der Waals surface area (Å²) in [6, 6.07) is 1.29. The molecule has 2 aliphatic carbocycles. The van der Waals surface area contributed by atoms with E-state index in [0.29, 0.717) is 43.8 Å². The monoisotopic (exact) mass is 542 g/mol. The molecule has 0 radical (unpaired) electrons. The number of nitrogens with zero attached hydrogens (tertiary/aromatic N) is 5. The van der Waals surface area contributed by atoms with Gasteiger partial charge < -0.3 is 30.5 Å². The third-order valence-corrected chi connectivity index (χ3v) is 8.46. The smallest absolute Gasteiger partial charge is 0.433 e. The van der Waals surface area contributed by atoms with Gasteiger partial charge in [0.1, 0.15) is 0 Å². The normalized spacial score (nSPS) is 23.2. The summed E-state index contributed by atoms with van der Waals surface area (Å²) in [5.41, 5.74) is 7.85. The Morgan fingerprint density at radius 3 is 2.46 bits per heavy atom. The molecular formula is C28H46N8O3. The number of anilines is 2. The van der Waals surface area contributed by atoms with Crippen molar-refractivity contribution in [3.63, 3.8) is 0 Å². The number of imidazole rings is 1. The van der Waals surface area contributed by atoms with E-state index in [-0.39, 0.29) is 6.04 Å². The Kier molecular flexibility index (Phi) is 9.73. The number of carbonyl (C=O) groups excluding carboxylic acids is 1. The van der Waals surface area contributed by atoms with Crippen LogP contribution in [-0.4, -0.2) is 68.6 Å². The van der Waals surface area contributed by atoms with E-state index in [1.165, 1.54) is 25.7 Å². The molecule has 216 valence electrons. The van der Waals surface area contributed by atoms with E-state index < -0.39 is 6.16 Å². The second kappa shape index (κ2) is 13.6. The maximum Gasteiger partial charge on any atom is 0.527 e. The van der Waals surface area contributed by atoms with Gasteiger partial charge in [-0.1, -0.05) is 39.0 Å². The average molecular weight is 543 g/mol. The molecule has 0 aromatic carbocycles. The number of carbonyl (C=O) groups is 1. The molecule has 3 aliphatic rings. The van der Waals surface area contributed by atoms with Crippen LogP contribution in [0.3, 0.4) is 0 Å². The summed E-state index contributed by atoms with van der Waals surface area (Å²) in [5.74, 6) is 1.44. The van der Waals surface area contributed by atoms with Crippen LogP contribution in [0.5, 0.6) is 0 Å². The first-order valence-electron chi connectivity index (χ1n) is 15.2. The molecule has 39 heavy (non-hydrogen) atoms. The van der Waals surface area contributed by atoms with E-state index in [0.717, 1.165) is 81.2 Å². The Bertz CT molecular complexity index is 1060. The number of hydroxylamine groups is 2. The number of hydrogen-bond acceptors (Lipinski definition) is 10. The lowest BCUT2D eigenvalue weighted by molar-refractivity contribution is -0.138. The highest BCUT2D eigenvalue weighted by Gasteiger charge is 2.27. The summed E-state index contributed by atoms with van der Waals surface area (Å²) >= 11 is 0. The number of hydrogen-bond donors (Lipinski definition) is 3. The number of rotatable bonds is 11. The molecule has 2 saturated carbocycles. The highest BCUT2D eigenvalue weighted by Crippen LogP contribution is 2.34. The third kappa shape index (κ3) is 7.51. The van der Waals surface area contributed by atoms with Crippen molar-refractivity contribution in [2.75, 3.05) is 30.3 Å². The Balaban J connectivity index is 1.21. The van der Waals surface area contributed by atoms with Crippen LogP contribution in [-0.2, 0) is 9.57 Å². The van der Waals surface area contributed by atoms with Crippen LogP contribution in [0.2, 0.25) is 0 Å². The van der Waals surface area contributed by atoms with Crippen molar-refractivity contribution in [2.45, 2.75) is 121 Å². The standard InChI is InChI=1S/C28H46N8O3/c1-2-3-4-7-18-38-28(37)39-35-16-14-22(15-17-35)31-25-24-26(36(19-30-24)23-8-5-6-9-23)34-27(33-25)32-21-12-10-20(29)11-13-21/h19-23H,2-18,29H2,1H3,(H2,31,32,33,34)/t20-,21-. The molecule has 4 N–H and O–H groups in total. The van der Waals surface area contributed by atoms with Crippen molar-refractivity contribution in [1.29, 1.82) is 0 Å². The van der Waals surface area contributed by atoms with Crippen LogP contribution < -0.4 is 16.4 Å². The highest BCUT2D eigenvalue weighted by molar-refractivity contribution is 5.84. The van der Waals surface area contributed by atoms with Gasteiger partial charge in [0.2, 0.25) is 5.95 Å². The zero-order chi connectivity index (χ0) is 27.0. The maximum atomic E-state index is 12.1. The fraction of sp³-hybridized carbons (Fsp3) is 0.786. The second-order valence-electron chi connectivity index (χ2n) is 11.5. The van der Waals surface area contributed by atoms with Gasteiger partial charge in [0.15, 0.2) is 17.0 Å². The summed E-state index contributed by atoms with van der Waals surface area (Å²) in [6.45, 7) is 3.85. The minimum atomic E-state index is -0.604. The molecule has 0 bridgehead atoms. The van der Waals surface area contributed by atoms with Gasteiger partial charge in [0.25, 0.3) is 0 Å². The van der Waals surface area contributed by atoms with E-state index in [4.69, 9.17) is 30.3 Å². The molecule has 3 heterocycles. The van der Waals surface area contributed by atoms with Gasteiger partial charge in [-0.3, -0.25) is 0 Å². The fourth-order valence-electron chi connectivity index (χ4n) is 6.08. The molecule has 1 aliphatic heterocycles. The number of ether oxygens (including phenoxy) is 1. The molecule has 2 aromatic heterocycles. The molecule has 11 nitrogen and oxygen atoms in total. The van der Waals surface area contributed by atoms with Crippen molar-refractivity contribution in [3.05, 3.63) is 6.33 Å². The van der Waals surface area contributed by atoms with Gasteiger partial charge in [-0.2, -0.15) is 9.97 Å². The van der Waals surface area contributed by atoms with E-state index in [1.54, 1.807) is 5.06 Å². The number of fused-ring (bicyclic) bond motifs is 1. The van der Waals surface area contributed by atoms with Gasteiger partial charge >= 0.3 is 6.16 Å². The Morgan fingerprint density at radius 2 is 1.72 bits per heavy atom.